The highest BCUT2D eigenvalue weighted by atomic mass is 19.4. The first kappa shape index (κ1) is 23.3. The Kier molecular flexibility index (Phi) is 5.00. The second-order valence-electron chi connectivity index (χ2n) is 6.90. The van der Waals surface area contributed by atoms with Crippen molar-refractivity contribution in [2.75, 3.05) is 0 Å². The zero-order valence-corrected chi connectivity index (χ0v) is 13.1. The van der Waals surface area contributed by atoms with Crippen molar-refractivity contribution < 1.29 is 67.3 Å². The molecule has 166 valence electrons. The van der Waals surface area contributed by atoms with Gasteiger partial charge in [0.15, 0.2) is 0 Å². The highest BCUT2D eigenvalue weighted by Crippen LogP contribution is 2.64. The van der Waals surface area contributed by atoms with Gasteiger partial charge in [0.05, 0.1) is 12.2 Å². The SMILES string of the molecule is OC1C2CC(C1O)C(C(F)(F)C(F)(F)C(F)(F)C(F)(F)C(F)(F)C(F)(F)F)C2. The average molecular weight is 446 g/mol. The van der Waals surface area contributed by atoms with Gasteiger partial charge < -0.3 is 10.2 Å². The molecule has 2 aliphatic carbocycles. The minimum absolute atomic E-state index is 0.584. The molecule has 0 radical (unpaired) electrons. The number of hydrogen-bond donors (Lipinski definition) is 2. The van der Waals surface area contributed by atoms with Gasteiger partial charge in [-0.15, -0.1) is 0 Å². The van der Waals surface area contributed by atoms with Crippen LogP contribution in [0.15, 0.2) is 0 Å². The zero-order valence-electron chi connectivity index (χ0n) is 13.1. The lowest BCUT2D eigenvalue weighted by Crippen LogP contribution is -2.71. The molecule has 5 atom stereocenters. The summed E-state index contributed by atoms with van der Waals surface area (Å²) in [5, 5.41) is 18.8. The van der Waals surface area contributed by atoms with Crippen molar-refractivity contribution in [3.8, 4) is 0 Å². The van der Waals surface area contributed by atoms with Gasteiger partial charge in [0.25, 0.3) is 0 Å². The molecule has 0 heterocycles. The van der Waals surface area contributed by atoms with E-state index >= 15 is 0 Å². The number of fused-ring (bicyclic) bond motifs is 2. The number of rotatable bonds is 5. The first-order valence-corrected chi connectivity index (χ1v) is 7.48. The molecule has 0 aliphatic heterocycles. The minimum atomic E-state index is -7.93. The summed E-state index contributed by atoms with van der Waals surface area (Å²) in [5.41, 5.74) is 0. The predicted octanol–water partition coefficient (Wildman–Crippen LogP) is 4.10. The van der Waals surface area contributed by atoms with Crippen LogP contribution in [-0.4, -0.2) is 58.2 Å². The zero-order chi connectivity index (χ0) is 22.3. The van der Waals surface area contributed by atoms with Crippen LogP contribution >= 0.6 is 0 Å². The highest BCUT2D eigenvalue weighted by Gasteiger charge is 2.91. The van der Waals surface area contributed by atoms with Crippen LogP contribution < -0.4 is 0 Å². The number of hydrogen-bond acceptors (Lipinski definition) is 2. The molecule has 0 aromatic rings. The van der Waals surface area contributed by atoms with E-state index < -0.39 is 78.6 Å². The van der Waals surface area contributed by atoms with E-state index in [0.717, 1.165) is 0 Å². The summed E-state index contributed by atoms with van der Waals surface area (Å²) in [5.74, 6) is -43.3. The Hall–Kier alpha value is -0.990. The molecule has 2 N–H and O–H groups in total. The van der Waals surface area contributed by atoms with E-state index in [1.54, 1.807) is 0 Å². The molecule has 0 aromatic carbocycles. The number of alkyl halides is 13. The minimum Gasteiger partial charge on any atom is -0.390 e. The van der Waals surface area contributed by atoms with Gasteiger partial charge >= 0.3 is 35.8 Å². The fourth-order valence-corrected chi connectivity index (χ4v) is 3.73. The summed E-state index contributed by atoms with van der Waals surface area (Å²) >= 11 is 0. The van der Waals surface area contributed by atoms with Crippen LogP contribution in [0.1, 0.15) is 12.8 Å². The Morgan fingerprint density at radius 3 is 1.32 bits per heavy atom. The number of halogens is 13. The van der Waals surface area contributed by atoms with E-state index in [0.29, 0.717) is 0 Å². The third-order valence-electron chi connectivity index (χ3n) is 5.34. The Morgan fingerprint density at radius 2 is 0.964 bits per heavy atom. The summed E-state index contributed by atoms with van der Waals surface area (Å²) in [7, 11) is 0. The second kappa shape index (κ2) is 6.01. The molecule has 2 bridgehead atoms. The Balaban J connectivity index is 2.46. The lowest BCUT2D eigenvalue weighted by Gasteiger charge is -2.43. The molecule has 2 rings (SSSR count). The molecule has 0 aromatic heterocycles. The van der Waals surface area contributed by atoms with Gasteiger partial charge in [-0.05, 0) is 24.7 Å². The Bertz CT molecular complexity index is 612. The fourth-order valence-electron chi connectivity index (χ4n) is 3.73. The summed E-state index contributed by atoms with van der Waals surface area (Å²) in [4.78, 5) is 0. The van der Waals surface area contributed by atoms with Crippen LogP contribution in [0.2, 0.25) is 0 Å². The third kappa shape index (κ3) is 2.63. The summed E-state index contributed by atoms with van der Waals surface area (Å²) in [6.07, 6.45) is -13.0. The van der Waals surface area contributed by atoms with Gasteiger partial charge in [-0.2, -0.15) is 57.1 Å². The van der Waals surface area contributed by atoms with Crippen LogP contribution in [0, 0.1) is 17.8 Å². The van der Waals surface area contributed by atoms with E-state index in [-0.39, 0.29) is 0 Å². The van der Waals surface area contributed by atoms with Crippen LogP contribution in [0.4, 0.5) is 57.1 Å². The summed E-state index contributed by atoms with van der Waals surface area (Å²) < 4.78 is 171. The molecule has 0 spiro atoms. The molecule has 2 aliphatic rings. The maximum Gasteiger partial charge on any atom is 0.460 e. The van der Waals surface area contributed by atoms with E-state index in [1.165, 1.54) is 0 Å². The molecular weight excluding hydrogens is 435 g/mol. The first-order valence-electron chi connectivity index (χ1n) is 7.48. The van der Waals surface area contributed by atoms with Crippen molar-refractivity contribution in [1.82, 2.24) is 0 Å². The van der Waals surface area contributed by atoms with Crippen LogP contribution in [0.5, 0.6) is 0 Å². The third-order valence-corrected chi connectivity index (χ3v) is 5.34. The van der Waals surface area contributed by atoms with E-state index in [2.05, 4.69) is 0 Å². The summed E-state index contributed by atoms with van der Waals surface area (Å²) in [6, 6.07) is 0. The van der Waals surface area contributed by atoms with E-state index in [4.69, 9.17) is 0 Å². The highest BCUT2D eigenvalue weighted by molar-refractivity contribution is 5.15. The van der Waals surface area contributed by atoms with Crippen molar-refractivity contribution in [2.45, 2.75) is 60.8 Å². The molecule has 0 amide bonds. The van der Waals surface area contributed by atoms with Crippen molar-refractivity contribution >= 4 is 0 Å². The standard InChI is InChI=1S/C13H11F13O2/c14-8(15,5-2-3-1-4(5)7(28)6(3)27)9(16,17)10(18,19)11(20,21)12(22,23)13(24,25)26/h3-7,27-28H,1-2H2. The van der Waals surface area contributed by atoms with Crippen LogP contribution in [0.3, 0.4) is 0 Å². The molecule has 15 heteroatoms. The maximum atomic E-state index is 14.1. The number of aliphatic hydroxyl groups excluding tert-OH is 2. The van der Waals surface area contributed by atoms with Crippen molar-refractivity contribution in [1.29, 1.82) is 0 Å². The molecule has 2 nitrogen and oxygen atoms in total. The van der Waals surface area contributed by atoms with Crippen molar-refractivity contribution in [3.63, 3.8) is 0 Å². The molecular formula is C13H11F13O2. The van der Waals surface area contributed by atoms with Gasteiger partial charge in [-0.25, -0.2) is 0 Å². The fraction of sp³-hybridized carbons (Fsp3) is 1.00. The Morgan fingerprint density at radius 1 is 0.536 bits per heavy atom. The lowest BCUT2D eigenvalue weighted by atomic mass is 9.77. The van der Waals surface area contributed by atoms with Gasteiger partial charge in [0.1, 0.15) is 0 Å². The van der Waals surface area contributed by atoms with Gasteiger partial charge in [-0.1, -0.05) is 0 Å². The topological polar surface area (TPSA) is 40.5 Å². The molecule has 5 unspecified atom stereocenters. The first-order chi connectivity index (χ1) is 12.2. The average Bonchev–Trinajstić information content (AvgIpc) is 3.06. The quantitative estimate of drug-likeness (QED) is 0.625. The van der Waals surface area contributed by atoms with E-state index in [1.807, 2.05) is 0 Å². The summed E-state index contributed by atoms with van der Waals surface area (Å²) in [6.45, 7) is 0. The Labute approximate surface area is 147 Å². The largest absolute Gasteiger partial charge is 0.460 e. The van der Waals surface area contributed by atoms with Gasteiger partial charge in [0, 0.05) is 5.92 Å². The van der Waals surface area contributed by atoms with Crippen LogP contribution in [-0.2, 0) is 0 Å². The maximum absolute atomic E-state index is 14.1. The smallest absolute Gasteiger partial charge is 0.390 e. The number of aliphatic hydroxyl groups is 2. The van der Waals surface area contributed by atoms with Crippen molar-refractivity contribution in [2.24, 2.45) is 17.8 Å². The lowest BCUT2D eigenvalue weighted by molar-refractivity contribution is -0.444. The molecule has 2 saturated carbocycles. The normalized spacial score (nSPS) is 32.9. The van der Waals surface area contributed by atoms with Crippen molar-refractivity contribution in [3.05, 3.63) is 0 Å². The predicted molar refractivity (Wildman–Crippen MR) is 62.5 cm³/mol. The molecule has 0 saturated heterocycles. The van der Waals surface area contributed by atoms with Gasteiger partial charge in [-0.3, -0.25) is 0 Å². The second-order valence-corrected chi connectivity index (χ2v) is 6.90. The molecule has 28 heavy (non-hydrogen) atoms. The van der Waals surface area contributed by atoms with Gasteiger partial charge in [0.2, 0.25) is 0 Å². The van der Waals surface area contributed by atoms with E-state index in [9.17, 15) is 67.3 Å². The van der Waals surface area contributed by atoms with Crippen LogP contribution in [0.25, 0.3) is 0 Å². The molecule has 2 fully saturated rings. The monoisotopic (exact) mass is 446 g/mol.